The van der Waals surface area contributed by atoms with E-state index < -0.39 is 5.97 Å². The molecule has 0 bridgehead atoms. The zero-order chi connectivity index (χ0) is 13.3. The zero-order valence-electron chi connectivity index (χ0n) is 11.2. The Morgan fingerprint density at radius 2 is 1.89 bits per heavy atom. The topological polar surface area (TPSA) is 46.5 Å². The minimum absolute atomic E-state index is 0.0466. The van der Waals surface area contributed by atoms with Crippen LogP contribution in [0.25, 0.3) is 0 Å². The van der Waals surface area contributed by atoms with E-state index in [-0.39, 0.29) is 12.0 Å². The van der Waals surface area contributed by atoms with E-state index >= 15 is 0 Å². The first kappa shape index (κ1) is 12.9. The van der Waals surface area contributed by atoms with Crippen LogP contribution in [0, 0.1) is 26.7 Å². The molecular formula is C15H20O3. The Hall–Kier alpha value is -1.51. The lowest BCUT2D eigenvalue weighted by molar-refractivity contribution is -0.141. The van der Waals surface area contributed by atoms with Gasteiger partial charge in [-0.15, -0.1) is 0 Å². The highest BCUT2D eigenvalue weighted by molar-refractivity contribution is 5.70. The highest BCUT2D eigenvalue weighted by Gasteiger charge is 2.31. The molecule has 2 atom stereocenters. The van der Waals surface area contributed by atoms with Gasteiger partial charge in [0.2, 0.25) is 0 Å². The van der Waals surface area contributed by atoms with E-state index in [0.717, 1.165) is 29.7 Å². The van der Waals surface area contributed by atoms with Crippen LogP contribution in [0.3, 0.4) is 0 Å². The molecule has 1 aliphatic rings. The molecule has 1 fully saturated rings. The summed E-state index contributed by atoms with van der Waals surface area (Å²) in [6, 6.07) is 4.15. The van der Waals surface area contributed by atoms with Gasteiger partial charge in [-0.25, -0.2) is 0 Å². The van der Waals surface area contributed by atoms with Crippen LogP contribution in [-0.2, 0) is 4.79 Å². The van der Waals surface area contributed by atoms with Crippen molar-refractivity contribution < 1.29 is 14.6 Å². The van der Waals surface area contributed by atoms with Crippen molar-refractivity contribution in [2.75, 3.05) is 0 Å². The summed E-state index contributed by atoms with van der Waals surface area (Å²) in [5.74, 6) is 0.00486. The minimum Gasteiger partial charge on any atom is -0.490 e. The summed E-state index contributed by atoms with van der Waals surface area (Å²) in [6.07, 6.45) is 2.24. The van der Waals surface area contributed by atoms with E-state index in [1.165, 1.54) is 5.56 Å². The first-order chi connectivity index (χ1) is 8.49. The van der Waals surface area contributed by atoms with Crippen LogP contribution < -0.4 is 4.74 Å². The van der Waals surface area contributed by atoms with Gasteiger partial charge in [0.1, 0.15) is 5.75 Å². The Kier molecular flexibility index (Phi) is 3.60. The molecule has 1 saturated carbocycles. The van der Waals surface area contributed by atoms with Gasteiger partial charge in [0, 0.05) is 0 Å². The van der Waals surface area contributed by atoms with E-state index in [1.54, 1.807) is 0 Å². The quantitative estimate of drug-likeness (QED) is 0.893. The first-order valence-electron chi connectivity index (χ1n) is 6.45. The van der Waals surface area contributed by atoms with Crippen molar-refractivity contribution in [3.8, 4) is 5.75 Å². The number of carboxylic acids is 1. The predicted octanol–water partition coefficient (Wildman–Crippen LogP) is 3.24. The van der Waals surface area contributed by atoms with Gasteiger partial charge in [0.05, 0.1) is 12.0 Å². The molecule has 2 rings (SSSR count). The molecule has 2 unspecified atom stereocenters. The van der Waals surface area contributed by atoms with Crippen LogP contribution in [0.4, 0.5) is 0 Å². The SMILES string of the molecule is Cc1ccc(C)c(OC2CCC(C(=O)O)C2)c1C. The summed E-state index contributed by atoms with van der Waals surface area (Å²) in [4.78, 5) is 10.9. The maximum atomic E-state index is 10.9. The number of carbonyl (C=O) groups is 1. The number of aliphatic carboxylic acids is 1. The Bertz CT molecular complexity index is 465. The molecule has 3 heteroatoms. The third-order valence-electron chi connectivity index (χ3n) is 3.89. The van der Waals surface area contributed by atoms with Crippen molar-refractivity contribution in [2.24, 2.45) is 5.92 Å². The van der Waals surface area contributed by atoms with Gasteiger partial charge in [-0.2, -0.15) is 0 Å². The normalized spacial score (nSPS) is 23.1. The number of carboxylic acid groups (broad SMARTS) is 1. The molecule has 1 N–H and O–H groups in total. The van der Waals surface area contributed by atoms with E-state index in [0.29, 0.717) is 6.42 Å². The first-order valence-corrected chi connectivity index (χ1v) is 6.45. The van der Waals surface area contributed by atoms with Gasteiger partial charge in [0.25, 0.3) is 0 Å². The lowest BCUT2D eigenvalue weighted by Gasteiger charge is -2.18. The highest BCUT2D eigenvalue weighted by atomic mass is 16.5. The summed E-state index contributed by atoms with van der Waals surface area (Å²) in [6.45, 7) is 6.16. The number of benzene rings is 1. The molecule has 1 aromatic carbocycles. The van der Waals surface area contributed by atoms with Crippen molar-refractivity contribution in [2.45, 2.75) is 46.1 Å². The largest absolute Gasteiger partial charge is 0.490 e. The lowest BCUT2D eigenvalue weighted by atomic mass is 10.0. The molecule has 98 valence electrons. The fraction of sp³-hybridized carbons (Fsp3) is 0.533. The third kappa shape index (κ3) is 2.50. The number of rotatable bonds is 3. The second-order valence-electron chi connectivity index (χ2n) is 5.24. The zero-order valence-corrected chi connectivity index (χ0v) is 11.2. The fourth-order valence-corrected chi connectivity index (χ4v) is 2.54. The highest BCUT2D eigenvalue weighted by Crippen LogP contribution is 2.33. The summed E-state index contributed by atoms with van der Waals surface area (Å²) in [7, 11) is 0. The van der Waals surface area contributed by atoms with Crippen molar-refractivity contribution >= 4 is 5.97 Å². The maximum Gasteiger partial charge on any atom is 0.306 e. The summed E-state index contributed by atoms with van der Waals surface area (Å²) < 4.78 is 6.03. The minimum atomic E-state index is -0.696. The van der Waals surface area contributed by atoms with Crippen molar-refractivity contribution in [3.63, 3.8) is 0 Å². The van der Waals surface area contributed by atoms with E-state index in [9.17, 15) is 4.79 Å². The van der Waals surface area contributed by atoms with Gasteiger partial charge in [-0.3, -0.25) is 4.79 Å². The van der Waals surface area contributed by atoms with Gasteiger partial charge >= 0.3 is 5.97 Å². The van der Waals surface area contributed by atoms with Gasteiger partial charge in [0.15, 0.2) is 0 Å². The molecule has 0 spiro atoms. The molecular weight excluding hydrogens is 228 g/mol. The van der Waals surface area contributed by atoms with E-state index in [4.69, 9.17) is 9.84 Å². The average Bonchev–Trinajstić information content (AvgIpc) is 2.78. The number of ether oxygens (including phenoxy) is 1. The summed E-state index contributed by atoms with van der Waals surface area (Å²) in [5.41, 5.74) is 3.49. The molecule has 18 heavy (non-hydrogen) atoms. The Labute approximate surface area is 108 Å². The molecule has 1 aliphatic carbocycles. The van der Waals surface area contributed by atoms with E-state index in [1.807, 2.05) is 6.92 Å². The Morgan fingerprint density at radius 3 is 2.50 bits per heavy atom. The molecule has 0 saturated heterocycles. The van der Waals surface area contributed by atoms with Crippen molar-refractivity contribution in [3.05, 3.63) is 28.8 Å². The molecule has 1 aromatic rings. The van der Waals surface area contributed by atoms with Gasteiger partial charge in [-0.1, -0.05) is 12.1 Å². The van der Waals surface area contributed by atoms with Crippen LogP contribution in [0.1, 0.15) is 36.0 Å². The second kappa shape index (κ2) is 5.01. The predicted molar refractivity (Wildman–Crippen MR) is 70.0 cm³/mol. The number of aryl methyl sites for hydroxylation is 2. The third-order valence-corrected chi connectivity index (χ3v) is 3.89. The molecule has 0 radical (unpaired) electrons. The molecule has 0 heterocycles. The molecule has 0 amide bonds. The molecule has 3 nitrogen and oxygen atoms in total. The van der Waals surface area contributed by atoms with Crippen molar-refractivity contribution in [1.82, 2.24) is 0 Å². The Morgan fingerprint density at radius 1 is 1.22 bits per heavy atom. The molecule has 0 aliphatic heterocycles. The lowest BCUT2D eigenvalue weighted by Crippen LogP contribution is -2.16. The fourth-order valence-electron chi connectivity index (χ4n) is 2.54. The number of hydrogen-bond donors (Lipinski definition) is 1. The van der Waals surface area contributed by atoms with E-state index in [2.05, 4.69) is 26.0 Å². The van der Waals surface area contributed by atoms with Gasteiger partial charge < -0.3 is 9.84 Å². The molecule has 0 aromatic heterocycles. The second-order valence-corrected chi connectivity index (χ2v) is 5.24. The van der Waals surface area contributed by atoms with Crippen LogP contribution in [0.2, 0.25) is 0 Å². The summed E-state index contributed by atoms with van der Waals surface area (Å²) in [5, 5.41) is 8.99. The number of hydrogen-bond acceptors (Lipinski definition) is 2. The van der Waals surface area contributed by atoms with Gasteiger partial charge in [-0.05, 0) is 56.7 Å². The monoisotopic (exact) mass is 248 g/mol. The van der Waals surface area contributed by atoms with Crippen LogP contribution in [-0.4, -0.2) is 17.2 Å². The average molecular weight is 248 g/mol. The Balaban J connectivity index is 2.11. The van der Waals surface area contributed by atoms with Crippen LogP contribution in [0.5, 0.6) is 5.75 Å². The summed E-state index contributed by atoms with van der Waals surface area (Å²) >= 11 is 0. The van der Waals surface area contributed by atoms with Crippen LogP contribution in [0.15, 0.2) is 12.1 Å². The van der Waals surface area contributed by atoms with Crippen molar-refractivity contribution in [1.29, 1.82) is 0 Å². The standard InChI is InChI=1S/C15H20O3/c1-9-4-5-10(2)14(11(9)3)18-13-7-6-12(8-13)15(16)17/h4-5,12-13H,6-8H2,1-3H3,(H,16,17). The maximum absolute atomic E-state index is 10.9. The smallest absolute Gasteiger partial charge is 0.306 e. The van der Waals surface area contributed by atoms with Crippen LogP contribution >= 0.6 is 0 Å².